The lowest BCUT2D eigenvalue weighted by Gasteiger charge is -2.15. The summed E-state index contributed by atoms with van der Waals surface area (Å²) in [5.74, 6) is 0.729. The van der Waals surface area contributed by atoms with Gasteiger partial charge in [-0.1, -0.05) is 66.4 Å². The van der Waals surface area contributed by atoms with Gasteiger partial charge in [-0.2, -0.15) is 0 Å². The lowest BCUT2D eigenvalue weighted by molar-refractivity contribution is -0.115. The molecule has 6 heteroatoms. The third-order valence-electron chi connectivity index (χ3n) is 4.85. The van der Waals surface area contributed by atoms with E-state index in [9.17, 15) is 4.79 Å². The summed E-state index contributed by atoms with van der Waals surface area (Å²) in [6.45, 7) is 5.86. The summed E-state index contributed by atoms with van der Waals surface area (Å²) in [5, 5.41) is 14.1. The van der Waals surface area contributed by atoms with Gasteiger partial charge in [0.15, 0.2) is 5.16 Å². The molecule has 1 amide bonds. The van der Waals surface area contributed by atoms with Crippen LogP contribution >= 0.6 is 11.8 Å². The van der Waals surface area contributed by atoms with Gasteiger partial charge in [0.2, 0.25) is 5.91 Å². The average molecular weight is 403 g/mol. The Kier molecular flexibility index (Phi) is 5.36. The fourth-order valence-electron chi connectivity index (χ4n) is 3.29. The van der Waals surface area contributed by atoms with Crippen molar-refractivity contribution >= 4 is 34.1 Å². The highest BCUT2D eigenvalue weighted by atomic mass is 32.2. The van der Waals surface area contributed by atoms with E-state index in [1.807, 2.05) is 79.1 Å². The van der Waals surface area contributed by atoms with Gasteiger partial charge in [-0.15, -0.1) is 10.2 Å². The summed E-state index contributed by atoms with van der Waals surface area (Å²) in [7, 11) is 0. The lowest BCUT2D eigenvalue weighted by Crippen LogP contribution is -2.23. The zero-order valence-corrected chi connectivity index (χ0v) is 17.4. The maximum atomic E-state index is 12.9. The van der Waals surface area contributed by atoms with Crippen molar-refractivity contribution in [3.05, 3.63) is 78.1 Å². The van der Waals surface area contributed by atoms with E-state index >= 15 is 0 Å². The van der Waals surface area contributed by atoms with E-state index < -0.39 is 0 Å². The van der Waals surface area contributed by atoms with E-state index in [4.69, 9.17) is 0 Å². The molecule has 0 aliphatic rings. The Morgan fingerprint density at radius 1 is 0.966 bits per heavy atom. The molecule has 1 N–H and O–H groups in total. The van der Waals surface area contributed by atoms with Gasteiger partial charge in [-0.3, -0.25) is 9.36 Å². The Balaban J connectivity index is 1.57. The second-order valence-corrected chi connectivity index (χ2v) is 8.24. The van der Waals surface area contributed by atoms with Gasteiger partial charge in [0.05, 0.1) is 10.9 Å². The number of aryl methyl sites for hydroxylation is 2. The second kappa shape index (κ2) is 8.09. The van der Waals surface area contributed by atoms with Crippen molar-refractivity contribution in [2.24, 2.45) is 0 Å². The molecule has 1 aromatic heterocycles. The first-order valence-corrected chi connectivity index (χ1v) is 10.4. The molecule has 4 aromatic rings. The maximum Gasteiger partial charge on any atom is 0.237 e. The van der Waals surface area contributed by atoms with Crippen LogP contribution in [-0.2, 0) is 4.79 Å². The minimum absolute atomic E-state index is 0.0664. The minimum atomic E-state index is -0.333. The van der Waals surface area contributed by atoms with Crippen LogP contribution in [0.4, 0.5) is 5.69 Å². The van der Waals surface area contributed by atoms with Crippen LogP contribution in [0.1, 0.15) is 18.3 Å². The van der Waals surface area contributed by atoms with Gasteiger partial charge in [0, 0.05) is 11.1 Å². The van der Waals surface area contributed by atoms with Crippen LogP contribution in [0.15, 0.2) is 71.9 Å². The van der Waals surface area contributed by atoms with Crippen molar-refractivity contribution in [3.8, 4) is 5.69 Å². The molecule has 1 heterocycles. The molecule has 1 unspecified atom stereocenters. The van der Waals surface area contributed by atoms with Crippen LogP contribution in [0.3, 0.4) is 0 Å². The molecule has 0 bridgehead atoms. The van der Waals surface area contributed by atoms with Crippen molar-refractivity contribution in [1.29, 1.82) is 0 Å². The number of fused-ring (bicyclic) bond motifs is 1. The molecule has 146 valence electrons. The summed E-state index contributed by atoms with van der Waals surface area (Å²) >= 11 is 1.40. The molecule has 4 rings (SSSR count). The molecular weight excluding hydrogens is 380 g/mol. The van der Waals surface area contributed by atoms with Crippen LogP contribution < -0.4 is 5.32 Å². The topological polar surface area (TPSA) is 59.8 Å². The number of para-hydroxylation sites is 1. The number of amides is 1. The molecule has 0 fully saturated rings. The van der Waals surface area contributed by atoms with Crippen LogP contribution in [0, 0.1) is 13.8 Å². The summed E-state index contributed by atoms with van der Waals surface area (Å²) < 4.78 is 2.00. The maximum absolute atomic E-state index is 12.9. The van der Waals surface area contributed by atoms with Crippen LogP contribution in [0.25, 0.3) is 16.5 Å². The first-order valence-electron chi connectivity index (χ1n) is 9.48. The number of rotatable bonds is 5. The number of aromatic nitrogens is 3. The molecule has 0 saturated heterocycles. The molecule has 5 nitrogen and oxygen atoms in total. The number of carbonyl (C=O) groups is 1. The molecule has 0 spiro atoms. The highest BCUT2D eigenvalue weighted by Gasteiger charge is 2.21. The molecule has 0 aliphatic carbocycles. The standard InChI is InChI=1S/C23H22N4OS/c1-15-9-4-7-14-21(15)27-17(3)25-26-23(27)29-16(2)22(28)24-20-13-8-11-18-10-5-6-12-19(18)20/h4-14,16H,1-3H3,(H,24,28). The number of benzene rings is 3. The highest BCUT2D eigenvalue weighted by molar-refractivity contribution is 8.00. The Morgan fingerprint density at radius 3 is 2.52 bits per heavy atom. The van der Waals surface area contributed by atoms with E-state index in [1.165, 1.54) is 11.8 Å². The zero-order chi connectivity index (χ0) is 20.4. The molecule has 0 radical (unpaired) electrons. The predicted octanol–water partition coefficient (Wildman–Crippen LogP) is 5.16. The quantitative estimate of drug-likeness (QED) is 0.469. The Labute approximate surface area is 174 Å². The SMILES string of the molecule is Cc1ccccc1-n1c(C)nnc1SC(C)C(=O)Nc1cccc2ccccc12. The van der Waals surface area contributed by atoms with E-state index in [2.05, 4.69) is 28.5 Å². The third-order valence-corrected chi connectivity index (χ3v) is 5.89. The number of thioether (sulfide) groups is 1. The van der Waals surface area contributed by atoms with Crippen LogP contribution in [0.2, 0.25) is 0 Å². The summed E-state index contributed by atoms with van der Waals surface area (Å²) in [6, 6.07) is 22.0. The van der Waals surface area contributed by atoms with Crippen molar-refractivity contribution in [2.45, 2.75) is 31.2 Å². The smallest absolute Gasteiger partial charge is 0.237 e. The van der Waals surface area contributed by atoms with Crippen LogP contribution in [-0.4, -0.2) is 25.9 Å². The fraction of sp³-hybridized carbons (Fsp3) is 0.174. The van der Waals surface area contributed by atoms with Gasteiger partial charge in [0.25, 0.3) is 0 Å². The zero-order valence-electron chi connectivity index (χ0n) is 16.6. The van der Waals surface area contributed by atoms with Gasteiger partial charge in [-0.25, -0.2) is 0 Å². The molecule has 29 heavy (non-hydrogen) atoms. The molecule has 0 saturated carbocycles. The number of hydrogen-bond acceptors (Lipinski definition) is 4. The summed E-state index contributed by atoms with van der Waals surface area (Å²) in [4.78, 5) is 12.9. The van der Waals surface area contributed by atoms with E-state index in [0.29, 0.717) is 5.16 Å². The van der Waals surface area contributed by atoms with Crippen molar-refractivity contribution in [3.63, 3.8) is 0 Å². The Hall–Kier alpha value is -3.12. The number of anilines is 1. The van der Waals surface area contributed by atoms with Gasteiger partial charge >= 0.3 is 0 Å². The number of nitrogens with one attached hydrogen (secondary N) is 1. The van der Waals surface area contributed by atoms with Gasteiger partial charge in [0.1, 0.15) is 5.82 Å². The number of nitrogens with zero attached hydrogens (tertiary/aromatic N) is 3. The van der Waals surface area contributed by atoms with Crippen molar-refractivity contribution < 1.29 is 4.79 Å². The average Bonchev–Trinajstić information content (AvgIpc) is 3.08. The third kappa shape index (κ3) is 3.89. The number of carbonyl (C=O) groups excluding carboxylic acids is 1. The first kappa shape index (κ1) is 19.2. The fourth-order valence-corrected chi connectivity index (χ4v) is 4.20. The largest absolute Gasteiger partial charge is 0.325 e. The first-order chi connectivity index (χ1) is 14.0. The summed E-state index contributed by atoms with van der Waals surface area (Å²) in [6.07, 6.45) is 0. The highest BCUT2D eigenvalue weighted by Crippen LogP contribution is 2.29. The molecular formula is C23H22N4OS. The van der Waals surface area contributed by atoms with Crippen molar-refractivity contribution in [2.75, 3.05) is 5.32 Å². The Morgan fingerprint density at radius 2 is 1.69 bits per heavy atom. The van der Waals surface area contributed by atoms with Gasteiger partial charge in [-0.05, 0) is 43.9 Å². The van der Waals surface area contributed by atoms with E-state index in [1.54, 1.807) is 0 Å². The van der Waals surface area contributed by atoms with Crippen LogP contribution in [0.5, 0.6) is 0 Å². The lowest BCUT2D eigenvalue weighted by atomic mass is 10.1. The number of hydrogen-bond donors (Lipinski definition) is 1. The molecule has 1 atom stereocenters. The second-order valence-electron chi connectivity index (χ2n) is 6.93. The molecule has 0 aliphatic heterocycles. The monoisotopic (exact) mass is 402 g/mol. The van der Waals surface area contributed by atoms with E-state index in [0.717, 1.165) is 33.5 Å². The Bertz CT molecular complexity index is 1180. The normalized spacial score (nSPS) is 12.1. The predicted molar refractivity (Wildman–Crippen MR) is 119 cm³/mol. The van der Waals surface area contributed by atoms with Crippen molar-refractivity contribution in [1.82, 2.24) is 14.8 Å². The van der Waals surface area contributed by atoms with E-state index in [-0.39, 0.29) is 11.2 Å². The molecule has 3 aromatic carbocycles. The minimum Gasteiger partial charge on any atom is -0.325 e. The van der Waals surface area contributed by atoms with Gasteiger partial charge < -0.3 is 5.32 Å². The summed E-state index contributed by atoms with van der Waals surface area (Å²) in [5.41, 5.74) is 2.97.